The van der Waals surface area contributed by atoms with Gasteiger partial charge in [0.25, 0.3) is 17.4 Å². The number of rotatable bonds is 5. The number of carbonyl (C=O) groups is 2. The smallest absolute Gasteiger partial charge is 0.291 e. The van der Waals surface area contributed by atoms with Crippen LogP contribution >= 0.6 is 0 Å². The van der Waals surface area contributed by atoms with Crippen molar-refractivity contribution < 1.29 is 14.7 Å². The van der Waals surface area contributed by atoms with E-state index in [1.807, 2.05) is 20.8 Å². The molecule has 4 rings (SSSR count). The summed E-state index contributed by atoms with van der Waals surface area (Å²) in [5.41, 5.74) is -1.28. The van der Waals surface area contributed by atoms with E-state index in [1.54, 1.807) is 18.2 Å². The molecule has 0 aromatic carbocycles. The maximum absolute atomic E-state index is 13.1. The van der Waals surface area contributed by atoms with Crippen molar-refractivity contribution in [2.75, 3.05) is 5.32 Å². The minimum Gasteiger partial charge on any atom is -0.494 e. The van der Waals surface area contributed by atoms with Gasteiger partial charge in [-0.1, -0.05) is 26.8 Å². The van der Waals surface area contributed by atoms with Gasteiger partial charge in [-0.05, 0) is 36.8 Å². The fourth-order valence-corrected chi connectivity index (χ4v) is 3.53. The number of hydrogen-bond acceptors (Lipinski definition) is 6. The van der Waals surface area contributed by atoms with E-state index < -0.39 is 23.3 Å². The lowest BCUT2D eigenvalue weighted by Crippen LogP contribution is -2.42. The SMILES string of the molecule is CC(C)(C)Cn1c(O)c(C(=O)NC2CCC2)c(=O)n2nc(C(=O)Nc3ccccn3)cc12. The highest BCUT2D eigenvalue weighted by Crippen LogP contribution is 2.26. The van der Waals surface area contributed by atoms with Crippen LogP contribution in [0.25, 0.3) is 5.65 Å². The molecule has 0 spiro atoms. The number of fused-ring (bicyclic) bond motifs is 1. The second-order valence-corrected chi connectivity index (χ2v) is 9.22. The topological polar surface area (TPSA) is 131 Å². The third-order valence-corrected chi connectivity index (χ3v) is 5.29. The molecule has 0 saturated heterocycles. The Morgan fingerprint density at radius 2 is 1.97 bits per heavy atom. The van der Waals surface area contributed by atoms with E-state index in [0.717, 1.165) is 23.8 Å². The fourth-order valence-electron chi connectivity index (χ4n) is 3.53. The zero-order chi connectivity index (χ0) is 23.0. The molecule has 0 bridgehead atoms. The van der Waals surface area contributed by atoms with E-state index in [-0.39, 0.29) is 28.4 Å². The van der Waals surface area contributed by atoms with Crippen molar-refractivity contribution in [1.29, 1.82) is 0 Å². The van der Waals surface area contributed by atoms with Gasteiger partial charge in [0, 0.05) is 24.8 Å². The summed E-state index contributed by atoms with van der Waals surface area (Å²) in [5.74, 6) is -1.31. The van der Waals surface area contributed by atoms with E-state index in [1.165, 1.54) is 16.8 Å². The molecular formula is C22H26N6O4. The number of nitrogens with one attached hydrogen (secondary N) is 2. The van der Waals surface area contributed by atoms with Crippen LogP contribution < -0.4 is 16.2 Å². The predicted octanol–water partition coefficient (Wildman–Crippen LogP) is 2.18. The molecule has 3 N–H and O–H groups in total. The highest BCUT2D eigenvalue weighted by Gasteiger charge is 2.29. The molecule has 1 aliphatic rings. The van der Waals surface area contributed by atoms with Gasteiger partial charge < -0.3 is 15.7 Å². The zero-order valence-electron chi connectivity index (χ0n) is 18.3. The predicted molar refractivity (Wildman–Crippen MR) is 118 cm³/mol. The van der Waals surface area contributed by atoms with Gasteiger partial charge >= 0.3 is 0 Å². The van der Waals surface area contributed by atoms with E-state index in [9.17, 15) is 19.5 Å². The van der Waals surface area contributed by atoms with Crippen LogP contribution in [-0.2, 0) is 6.54 Å². The summed E-state index contributed by atoms with van der Waals surface area (Å²) in [6.45, 7) is 6.17. The standard InChI is InChI=1S/C22H26N6O4/c1-22(2,3)12-27-16-11-14(18(29)25-15-9-4-5-10-23-15)26-28(16)21(32)17(20(27)31)19(30)24-13-7-6-8-13/h4-5,9-11,13,31H,6-8,12H2,1-3H3,(H,24,30)(H,23,25,29). The zero-order valence-corrected chi connectivity index (χ0v) is 18.3. The molecular weight excluding hydrogens is 412 g/mol. The van der Waals surface area contributed by atoms with Gasteiger partial charge in [-0.3, -0.25) is 19.0 Å². The molecule has 3 aromatic rings. The maximum atomic E-state index is 13.1. The molecule has 10 heteroatoms. The first-order valence-electron chi connectivity index (χ1n) is 10.5. The van der Waals surface area contributed by atoms with E-state index in [0.29, 0.717) is 12.4 Å². The number of amides is 2. The molecule has 0 unspecified atom stereocenters. The van der Waals surface area contributed by atoms with E-state index in [4.69, 9.17) is 0 Å². The van der Waals surface area contributed by atoms with Gasteiger partial charge in [-0.15, -0.1) is 0 Å². The first kappa shape index (κ1) is 21.5. The van der Waals surface area contributed by atoms with Crippen LogP contribution in [0.4, 0.5) is 5.82 Å². The van der Waals surface area contributed by atoms with Crippen molar-refractivity contribution in [2.45, 2.75) is 52.6 Å². The summed E-state index contributed by atoms with van der Waals surface area (Å²) in [6, 6.07) is 6.48. The highest BCUT2D eigenvalue weighted by molar-refractivity contribution is 6.03. The van der Waals surface area contributed by atoms with Crippen molar-refractivity contribution in [1.82, 2.24) is 24.5 Å². The third-order valence-electron chi connectivity index (χ3n) is 5.29. The first-order valence-corrected chi connectivity index (χ1v) is 10.5. The Labute approximate surface area is 184 Å². The average molecular weight is 438 g/mol. The molecule has 0 radical (unpaired) electrons. The largest absolute Gasteiger partial charge is 0.494 e. The molecule has 0 aliphatic heterocycles. The molecule has 1 saturated carbocycles. The highest BCUT2D eigenvalue weighted by atomic mass is 16.3. The summed E-state index contributed by atoms with van der Waals surface area (Å²) in [6.07, 6.45) is 4.23. The minimum atomic E-state index is -0.781. The van der Waals surface area contributed by atoms with Crippen molar-refractivity contribution in [2.24, 2.45) is 5.41 Å². The van der Waals surface area contributed by atoms with Crippen LogP contribution in [0.3, 0.4) is 0 Å². The number of aromatic nitrogens is 4. The Morgan fingerprint density at radius 3 is 2.56 bits per heavy atom. The second-order valence-electron chi connectivity index (χ2n) is 9.22. The average Bonchev–Trinajstić information content (AvgIpc) is 3.14. The summed E-state index contributed by atoms with van der Waals surface area (Å²) in [4.78, 5) is 42.7. The molecule has 2 amide bonds. The van der Waals surface area contributed by atoms with Gasteiger partial charge in [-0.2, -0.15) is 9.61 Å². The van der Waals surface area contributed by atoms with Gasteiger partial charge in [0.15, 0.2) is 11.3 Å². The lowest BCUT2D eigenvalue weighted by Gasteiger charge is -2.27. The number of nitrogens with zero attached hydrogens (tertiary/aromatic N) is 4. The summed E-state index contributed by atoms with van der Waals surface area (Å²) in [7, 11) is 0. The van der Waals surface area contributed by atoms with E-state index >= 15 is 0 Å². The number of aromatic hydroxyl groups is 1. The molecule has 3 aromatic heterocycles. The van der Waals surface area contributed by atoms with Crippen molar-refractivity contribution >= 4 is 23.3 Å². The Hall–Kier alpha value is -3.69. The molecule has 1 fully saturated rings. The van der Waals surface area contributed by atoms with Crippen LogP contribution in [0.2, 0.25) is 0 Å². The maximum Gasteiger partial charge on any atom is 0.291 e. The first-order chi connectivity index (χ1) is 15.1. The van der Waals surface area contributed by atoms with Crippen LogP contribution in [0.1, 0.15) is 60.9 Å². The quantitative estimate of drug-likeness (QED) is 0.560. The normalized spacial score (nSPS) is 14.2. The van der Waals surface area contributed by atoms with Crippen LogP contribution in [0.15, 0.2) is 35.3 Å². The van der Waals surface area contributed by atoms with Crippen LogP contribution in [-0.4, -0.2) is 42.1 Å². The molecule has 32 heavy (non-hydrogen) atoms. The Kier molecular flexibility index (Phi) is 5.45. The van der Waals surface area contributed by atoms with Crippen LogP contribution in [0.5, 0.6) is 5.88 Å². The molecule has 1 aliphatic carbocycles. The van der Waals surface area contributed by atoms with Gasteiger partial charge in [0.1, 0.15) is 11.5 Å². The molecule has 0 atom stereocenters. The van der Waals surface area contributed by atoms with Crippen molar-refractivity contribution in [3.8, 4) is 5.88 Å². The Balaban J connectivity index is 1.80. The van der Waals surface area contributed by atoms with Gasteiger partial charge in [-0.25, -0.2) is 4.98 Å². The molecule has 3 heterocycles. The van der Waals surface area contributed by atoms with Crippen molar-refractivity contribution in [3.63, 3.8) is 0 Å². The molecule has 10 nitrogen and oxygen atoms in total. The Bertz CT molecular complexity index is 1240. The lowest BCUT2D eigenvalue weighted by atomic mass is 9.93. The minimum absolute atomic E-state index is 0.00889. The summed E-state index contributed by atoms with van der Waals surface area (Å²) in [5, 5.41) is 20.5. The lowest BCUT2D eigenvalue weighted by molar-refractivity contribution is 0.0909. The van der Waals surface area contributed by atoms with E-state index in [2.05, 4.69) is 20.7 Å². The monoisotopic (exact) mass is 438 g/mol. The van der Waals surface area contributed by atoms with Gasteiger partial charge in [0.05, 0.1) is 0 Å². The van der Waals surface area contributed by atoms with Gasteiger partial charge in [0.2, 0.25) is 5.88 Å². The number of carbonyl (C=O) groups excluding carboxylic acids is 2. The third kappa shape index (κ3) is 4.20. The number of hydrogen-bond donors (Lipinski definition) is 3. The second kappa shape index (κ2) is 8.10. The summed E-state index contributed by atoms with van der Waals surface area (Å²) < 4.78 is 2.44. The Morgan fingerprint density at radius 1 is 1.22 bits per heavy atom. The molecule has 168 valence electrons. The number of anilines is 1. The summed E-state index contributed by atoms with van der Waals surface area (Å²) >= 11 is 0. The van der Waals surface area contributed by atoms with Crippen molar-refractivity contribution in [3.05, 3.63) is 52.1 Å². The van der Waals surface area contributed by atoms with Crippen LogP contribution in [0, 0.1) is 5.41 Å². The fraction of sp³-hybridized carbons (Fsp3) is 0.409. The number of pyridine rings is 1.